The van der Waals surface area contributed by atoms with E-state index in [1.54, 1.807) is 24.3 Å². The molecule has 6 heteroatoms. The monoisotopic (exact) mass is 348 g/mol. The Kier molecular flexibility index (Phi) is 5.40. The number of carbonyl (C=O) groups excluding carboxylic acids is 1. The predicted molar refractivity (Wildman–Crippen MR) is 85.9 cm³/mol. The molecule has 1 aliphatic heterocycles. The van der Waals surface area contributed by atoms with Gasteiger partial charge in [-0.2, -0.15) is 8.78 Å². The normalized spacial score (nSPS) is 21.9. The minimum absolute atomic E-state index is 0.0348. The van der Waals surface area contributed by atoms with Crippen molar-refractivity contribution >= 4 is 5.97 Å². The highest BCUT2D eigenvalue weighted by Crippen LogP contribution is 2.34. The first-order valence-corrected chi connectivity index (χ1v) is 7.93. The number of benzene rings is 2. The summed E-state index contributed by atoms with van der Waals surface area (Å²) in [4.78, 5) is 11.5. The molecule has 2 aromatic rings. The van der Waals surface area contributed by atoms with Crippen LogP contribution in [0.4, 0.5) is 8.78 Å². The second-order valence-electron chi connectivity index (χ2n) is 5.78. The minimum Gasteiger partial charge on any atom is -0.452 e. The summed E-state index contributed by atoms with van der Waals surface area (Å²) < 4.78 is 43.6. The van der Waals surface area contributed by atoms with Crippen molar-refractivity contribution < 1.29 is 27.8 Å². The number of carbonyl (C=O) groups is 1. The van der Waals surface area contributed by atoms with Gasteiger partial charge in [0.1, 0.15) is 0 Å². The molecular formula is C19H18F2O4. The molecule has 3 rings (SSSR count). The maximum atomic E-state index is 14.1. The fourth-order valence-corrected chi connectivity index (χ4v) is 2.59. The van der Waals surface area contributed by atoms with Gasteiger partial charge in [0.05, 0.1) is 19.8 Å². The van der Waals surface area contributed by atoms with Crippen LogP contribution in [0.5, 0.6) is 0 Å². The number of halogens is 2. The van der Waals surface area contributed by atoms with Gasteiger partial charge in [-0.25, -0.2) is 4.79 Å². The average molecular weight is 348 g/mol. The van der Waals surface area contributed by atoms with Crippen molar-refractivity contribution in [3.63, 3.8) is 0 Å². The lowest BCUT2D eigenvalue weighted by Crippen LogP contribution is -2.41. The number of alkyl halides is 2. The fourth-order valence-electron chi connectivity index (χ4n) is 2.59. The quantitative estimate of drug-likeness (QED) is 0.720. The zero-order valence-electron chi connectivity index (χ0n) is 13.4. The molecule has 0 N–H and O–H groups in total. The van der Waals surface area contributed by atoms with E-state index in [4.69, 9.17) is 14.2 Å². The SMILES string of the molecule is O=C1OC(COCc2ccccc2)C(OCc2ccccc2)C1(F)F. The second kappa shape index (κ2) is 7.72. The zero-order valence-corrected chi connectivity index (χ0v) is 13.4. The molecule has 1 aliphatic rings. The third-order valence-corrected chi connectivity index (χ3v) is 3.89. The third-order valence-electron chi connectivity index (χ3n) is 3.89. The average Bonchev–Trinajstić information content (AvgIpc) is 2.84. The van der Waals surface area contributed by atoms with E-state index in [0.29, 0.717) is 0 Å². The van der Waals surface area contributed by atoms with Crippen LogP contribution in [-0.2, 0) is 32.2 Å². The molecule has 2 aromatic carbocycles. The van der Waals surface area contributed by atoms with E-state index in [1.165, 1.54) is 0 Å². The van der Waals surface area contributed by atoms with Gasteiger partial charge in [-0.3, -0.25) is 0 Å². The van der Waals surface area contributed by atoms with Crippen LogP contribution in [0.25, 0.3) is 0 Å². The molecule has 0 bridgehead atoms. The molecule has 2 unspecified atom stereocenters. The van der Waals surface area contributed by atoms with Gasteiger partial charge in [0.25, 0.3) is 0 Å². The van der Waals surface area contributed by atoms with E-state index in [0.717, 1.165) is 11.1 Å². The predicted octanol–water partition coefficient (Wildman–Crippen LogP) is 3.35. The molecule has 0 radical (unpaired) electrons. The third kappa shape index (κ3) is 4.21. The number of ether oxygens (including phenoxy) is 3. The molecule has 0 amide bonds. The Hall–Kier alpha value is -2.31. The Morgan fingerprint density at radius 2 is 1.48 bits per heavy atom. The standard InChI is InChI=1S/C19H18F2O4/c20-19(21)17(24-12-15-9-5-2-6-10-15)16(25-18(19)22)13-23-11-14-7-3-1-4-8-14/h1-10,16-17H,11-13H2. The Labute approximate surface area is 144 Å². The van der Waals surface area contributed by atoms with Gasteiger partial charge < -0.3 is 14.2 Å². The summed E-state index contributed by atoms with van der Waals surface area (Å²) in [7, 11) is 0. The van der Waals surface area contributed by atoms with Gasteiger partial charge in [0, 0.05) is 0 Å². The highest BCUT2D eigenvalue weighted by atomic mass is 19.3. The van der Waals surface area contributed by atoms with Crippen LogP contribution in [0, 0.1) is 0 Å². The van der Waals surface area contributed by atoms with E-state index < -0.39 is 24.1 Å². The van der Waals surface area contributed by atoms with Gasteiger partial charge in [-0.15, -0.1) is 0 Å². The fraction of sp³-hybridized carbons (Fsp3) is 0.316. The number of hydrogen-bond donors (Lipinski definition) is 0. The number of hydrogen-bond acceptors (Lipinski definition) is 4. The topological polar surface area (TPSA) is 44.8 Å². The molecule has 25 heavy (non-hydrogen) atoms. The van der Waals surface area contributed by atoms with Crippen molar-refractivity contribution in [2.75, 3.05) is 6.61 Å². The molecule has 1 saturated heterocycles. The smallest absolute Gasteiger partial charge is 0.380 e. The molecule has 0 aromatic heterocycles. The lowest BCUT2D eigenvalue weighted by molar-refractivity contribution is -0.166. The summed E-state index contributed by atoms with van der Waals surface area (Å²) >= 11 is 0. The zero-order chi connectivity index (χ0) is 17.7. The van der Waals surface area contributed by atoms with Crippen LogP contribution in [0.15, 0.2) is 60.7 Å². The molecule has 2 atom stereocenters. The molecule has 4 nitrogen and oxygen atoms in total. The van der Waals surface area contributed by atoms with Crippen LogP contribution < -0.4 is 0 Å². The van der Waals surface area contributed by atoms with Crippen molar-refractivity contribution in [1.29, 1.82) is 0 Å². The molecule has 0 spiro atoms. The molecular weight excluding hydrogens is 330 g/mol. The summed E-state index contributed by atoms with van der Waals surface area (Å²) in [5.74, 6) is -5.26. The molecule has 132 valence electrons. The molecule has 1 heterocycles. The summed E-state index contributed by atoms with van der Waals surface area (Å²) in [5.41, 5.74) is 1.64. The Morgan fingerprint density at radius 1 is 0.920 bits per heavy atom. The van der Waals surface area contributed by atoms with Crippen LogP contribution in [0.2, 0.25) is 0 Å². The van der Waals surface area contributed by atoms with Gasteiger partial charge in [0.15, 0.2) is 12.2 Å². The van der Waals surface area contributed by atoms with Crippen LogP contribution >= 0.6 is 0 Å². The number of cyclic esters (lactones) is 1. The van der Waals surface area contributed by atoms with E-state index >= 15 is 0 Å². The molecule has 0 saturated carbocycles. The maximum absolute atomic E-state index is 14.1. The van der Waals surface area contributed by atoms with Crippen LogP contribution in [0.3, 0.4) is 0 Å². The lowest BCUT2D eigenvalue weighted by atomic mass is 10.1. The van der Waals surface area contributed by atoms with E-state index in [9.17, 15) is 13.6 Å². The molecule has 1 fully saturated rings. The number of rotatable bonds is 7. The Balaban J connectivity index is 1.59. The Bertz CT molecular complexity index is 691. The van der Waals surface area contributed by atoms with Crippen LogP contribution in [0.1, 0.15) is 11.1 Å². The second-order valence-corrected chi connectivity index (χ2v) is 5.78. The summed E-state index contributed by atoms with van der Waals surface area (Å²) in [5, 5.41) is 0. The van der Waals surface area contributed by atoms with Crippen LogP contribution in [-0.4, -0.2) is 30.7 Å². The largest absolute Gasteiger partial charge is 0.452 e. The van der Waals surface area contributed by atoms with E-state index in [-0.39, 0.29) is 19.8 Å². The summed E-state index contributed by atoms with van der Waals surface area (Å²) in [6.45, 7) is 0.0501. The van der Waals surface area contributed by atoms with Crippen molar-refractivity contribution in [3.05, 3.63) is 71.8 Å². The van der Waals surface area contributed by atoms with Gasteiger partial charge in [0.2, 0.25) is 0 Å². The molecule has 0 aliphatic carbocycles. The van der Waals surface area contributed by atoms with Gasteiger partial charge in [-0.05, 0) is 11.1 Å². The van der Waals surface area contributed by atoms with Crippen molar-refractivity contribution in [2.45, 2.75) is 31.3 Å². The van der Waals surface area contributed by atoms with E-state index in [2.05, 4.69) is 0 Å². The first kappa shape index (κ1) is 17.5. The minimum atomic E-state index is -3.68. The lowest BCUT2D eigenvalue weighted by Gasteiger charge is -2.21. The Morgan fingerprint density at radius 3 is 2.08 bits per heavy atom. The maximum Gasteiger partial charge on any atom is 0.380 e. The highest BCUT2D eigenvalue weighted by Gasteiger charge is 2.61. The highest BCUT2D eigenvalue weighted by molar-refractivity contribution is 5.81. The van der Waals surface area contributed by atoms with Crippen molar-refractivity contribution in [1.82, 2.24) is 0 Å². The summed E-state index contributed by atoms with van der Waals surface area (Å²) in [6, 6.07) is 18.2. The van der Waals surface area contributed by atoms with E-state index in [1.807, 2.05) is 36.4 Å². The first-order valence-electron chi connectivity index (χ1n) is 7.93. The number of esters is 1. The van der Waals surface area contributed by atoms with Gasteiger partial charge in [-0.1, -0.05) is 60.7 Å². The van der Waals surface area contributed by atoms with Crippen molar-refractivity contribution in [2.24, 2.45) is 0 Å². The summed E-state index contributed by atoms with van der Waals surface area (Å²) in [6.07, 6.45) is -2.81. The van der Waals surface area contributed by atoms with Crippen molar-refractivity contribution in [3.8, 4) is 0 Å². The van der Waals surface area contributed by atoms with Gasteiger partial charge >= 0.3 is 11.9 Å². The first-order chi connectivity index (χ1) is 12.1.